The molecule has 0 aliphatic heterocycles. The Morgan fingerprint density at radius 1 is 0.689 bits per heavy atom. The third-order valence-electron chi connectivity index (χ3n) is 8.30. The molecule has 5 aromatic rings. The number of hydrogen-bond donors (Lipinski definition) is 3. The van der Waals surface area contributed by atoms with Gasteiger partial charge >= 0.3 is 11.9 Å². The van der Waals surface area contributed by atoms with E-state index in [-0.39, 0.29) is 11.9 Å². The number of ether oxygens (including phenoxy) is 2. The first-order valence-corrected chi connectivity index (χ1v) is 15.8. The monoisotopic (exact) mass is 610 g/mol. The number of pyridine rings is 1. The zero-order valence-corrected chi connectivity index (χ0v) is 28.3. The van der Waals surface area contributed by atoms with Crippen LogP contribution in [0.3, 0.4) is 0 Å². The number of aromatic amines is 3. The lowest BCUT2D eigenvalue weighted by molar-refractivity contribution is 0.00501. The standard InChI is InChI=1S/C37H46N4O4/c1-11-23-20(3)32(34(42)44-36(5,6)7)40-27(23)17-29-26-14-13-22-19-38-16-15-25(22)31(26)30(39-29)18-28-24(12-2)21(4)33(41-28)35(43)45-37(8,9)10/h13-16,19,39-41H,11-12,17-18H2,1-10H3. The molecule has 3 N–H and O–H groups in total. The number of nitrogens with one attached hydrogen (secondary N) is 3. The van der Waals surface area contributed by atoms with E-state index in [1.165, 1.54) is 0 Å². The van der Waals surface area contributed by atoms with Gasteiger partial charge in [-0.25, -0.2) is 9.59 Å². The van der Waals surface area contributed by atoms with Crippen LogP contribution in [0.1, 0.15) is 121 Å². The van der Waals surface area contributed by atoms with Gasteiger partial charge in [-0.1, -0.05) is 26.0 Å². The molecular weight excluding hydrogens is 564 g/mol. The van der Waals surface area contributed by atoms with Gasteiger partial charge in [0.2, 0.25) is 0 Å². The van der Waals surface area contributed by atoms with Crippen molar-refractivity contribution in [3.63, 3.8) is 0 Å². The second kappa shape index (κ2) is 11.9. The fourth-order valence-electron chi connectivity index (χ4n) is 6.40. The van der Waals surface area contributed by atoms with Crippen LogP contribution < -0.4 is 0 Å². The molecule has 0 atom stereocenters. The van der Waals surface area contributed by atoms with Gasteiger partial charge < -0.3 is 24.4 Å². The van der Waals surface area contributed by atoms with E-state index in [9.17, 15) is 9.59 Å². The number of aromatic nitrogens is 4. The summed E-state index contributed by atoms with van der Waals surface area (Å²) < 4.78 is 11.4. The molecule has 4 aromatic heterocycles. The molecule has 0 aliphatic rings. The zero-order valence-electron chi connectivity index (χ0n) is 28.3. The summed E-state index contributed by atoms with van der Waals surface area (Å²) in [4.78, 5) is 41.2. The molecule has 0 aliphatic carbocycles. The van der Waals surface area contributed by atoms with Gasteiger partial charge in [-0.05, 0) is 102 Å². The first-order chi connectivity index (χ1) is 21.1. The molecule has 0 amide bonds. The van der Waals surface area contributed by atoms with Crippen LogP contribution in [0.15, 0.2) is 30.6 Å². The number of nitrogens with zero attached hydrogens (tertiary/aromatic N) is 1. The molecule has 238 valence electrons. The molecular formula is C37H46N4O4. The first kappa shape index (κ1) is 32.1. The van der Waals surface area contributed by atoms with Gasteiger partial charge in [0.05, 0.1) is 0 Å². The van der Waals surface area contributed by atoms with Gasteiger partial charge in [0.25, 0.3) is 0 Å². The average molecular weight is 611 g/mol. The van der Waals surface area contributed by atoms with E-state index in [2.05, 4.69) is 52.0 Å². The maximum Gasteiger partial charge on any atom is 0.355 e. The minimum absolute atomic E-state index is 0.341. The van der Waals surface area contributed by atoms with E-state index in [1.807, 2.05) is 67.8 Å². The van der Waals surface area contributed by atoms with E-state index in [4.69, 9.17) is 9.47 Å². The largest absolute Gasteiger partial charge is 0.455 e. The summed E-state index contributed by atoms with van der Waals surface area (Å²) in [7, 11) is 0. The Morgan fingerprint density at radius 2 is 1.20 bits per heavy atom. The number of carbonyl (C=O) groups excluding carboxylic acids is 2. The predicted molar refractivity (Wildman–Crippen MR) is 179 cm³/mol. The highest BCUT2D eigenvalue weighted by molar-refractivity contribution is 6.10. The number of benzene rings is 1. The molecule has 5 rings (SSSR count). The Bertz CT molecular complexity index is 1910. The molecule has 45 heavy (non-hydrogen) atoms. The first-order valence-electron chi connectivity index (χ1n) is 15.8. The van der Waals surface area contributed by atoms with Crippen molar-refractivity contribution in [2.45, 2.75) is 106 Å². The second-order valence-corrected chi connectivity index (χ2v) is 13.9. The Labute approximate surface area is 265 Å². The van der Waals surface area contributed by atoms with E-state index in [0.29, 0.717) is 24.2 Å². The number of hydrogen-bond acceptors (Lipinski definition) is 5. The molecule has 8 heteroatoms. The number of H-pyrrole nitrogens is 3. The van der Waals surface area contributed by atoms with Gasteiger partial charge in [-0.2, -0.15) is 0 Å². The molecule has 4 heterocycles. The van der Waals surface area contributed by atoms with Crippen molar-refractivity contribution in [3.05, 3.63) is 87.0 Å². The summed E-state index contributed by atoms with van der Waals surface area (Å²) in [6.45, 7) is 19.5. The van der Waals surface area contributed by atoms with E-state index < -0.39 is 11.2 Å². The second-order valence-electron chi connectivity index (χ2n) is 13.9. The van der Waals surface area contributed by atoms with Gasteiger partial charge in [0.1, 0.15) is 22.6 Å². The number of fused-ring (bicyclic) bond motifs is 3. The molecule has 0 radical (unpaired) electrons. The average Bonchev–Trinajstić information content (AvgIpc) is 3.57. The van der Waals surface area contributed by atoms with E-state index in [0.717, 1.165) is 79.4 Å². The van der Waals surface area contributed by atoms with E-state index >= 15 is 0 Å². The minimum Gasteiger partial charge on any atom is -0.455 e. The van der Waals surface area contributed by atoms with Crippen LogP contribution in [0.25, 0.3) is 21.5 Å². The quantitative estimate of drug-likeness (QED) is 0.153. The lowest BCUT2D eigenvalue weighted by Gasteiger charge is -2.19. The predicted octanol–water partition coefficient (Wildman–Crippen LogP) is 8.21. The fourth-order valence-corrected chi connectivity index (χ4v) is 6.40. The van der Waals surface area contributed by atoms with Crippen molar-refractivity contribution in [2.24, 2.45) is 0 Å². The molecule has 0 fully saturated rings. The van der Waals surface area contributed by atoms with Crippen LogP contribution in [0.2, 0.25) is 0 Å². The van der Waals surface area contributed by atoms with Crippen LogP contribution in [0, 0.1) is 13.8 Å². The van der Waals surface area contributed by atoms with Crippen molar-refractivity contribution in [3.8, 4) is 0 Å². The van der Waals surface area contributed by atoms with Crippen molar-refractivity contribution < 1.29 is 19.1 Å². The maximum absolute atomic E-state index is 13.1. The number of carbonyl (C=O) groups is 2. The molecule has 0 saturated heterocycles. The van der Waals surface area contributed by atoms with Crippen LogP contribution in [-0.2, 0) is 35.2 Å². The minimum atomic E-state index is -0.588. The van der Waals surface area contributed by atoms with Gasteiger partial charge in [0.15, 0.2) is 0 Å². The summed E-state index contributed by atoms with van der Waals surface area (Å²) >= 11 is 0. The lowest BCUT2D eigenvalue weighted by atomic mass is 9.99. The third kappa shape index (κ3) is 6.42. The molecule has 8 nitrogen and oxygen atoms in total. The highest BCUT2D eigenvalue weighted by atomic mass is 16.6. The van der Waals surface area contributed by atoms with Crippen LogP contribution >= 0.6 is 0 Å². The van der Waals surface area contributed by atoms with Gasteiger partial charge in [-0.15, -0.1) is 0 Å². The maximum atomic E-state index is 13.1. The Kier molecular flexibility index (Phi) is 8.47. The van der Waals surface area contributed by atoms with Crippen molar-refractivity contribution in [1.82, 2.24) is 19.9 Å². The smallest absolute Gasteiger partial charge is 0.355 e. The summed E-state index contributed by atoms with van der Waals surface area (Å²) in [5.74, 6) is -0.684. The normalized spacial score (nSPS) is 12.3. The van der Waals surface area contributed by atoms with Crippen molar-refractivity contribution >= 4 is 33.5 Å². The van der Waals surface area contributed by atoms with Gasteiger partial charge in [-0.3, -0.25) is 4.98 Å². The molecule has 0 bridgehead atoms. The van der Waals surface area contributed by atoms with E-state index in [1.54, 1.807) is 0 Å². The molecule has 0 unspecified atom stereocenters. The topological polar surface area (TPSA) is 113 Å². The third-order valence-corrected chi connectivity index (χ3v) is 8.30. The van der Waals surface area contributed by atoms with Crippen LogP contribution in [-0.4, -0.2) is 43.1 Å². The number of esters is 2. The lowest BCUT2D eigenvalue weighted by Crippen LogP contribution is -2.24. The fraction of sp³-hybridized carbons (Fsp3) is 0.432. The Balaban J connectivity index is 1.62. The summed E-state index contributed by atoms with van der Waals surface area (Å²) in [6, 6.07) is 6.32. The summed E-state index contributed by atoms with van der Waals surface area (Å²) in [5, 5.41) is 4.42. The van der Waals surface area contributed by atoms with Crippen LogP contribution in [0.5, 0.6) is 0 Å². The highest BCUT2D eigenvalue weighted by Crippen LogP contribution is 2.35. The zero-order chi connectivity index (χ0) is 32.8. The molecule has 0 spiro atoms. The summed E-state index contributed by atoms with van der Waals surface area (Å²) in [6.07, 6.45) is 6.46. The van der Waals surface area contributed by atoms with Crippen molar-refractivity contribution in [2.75, 3.05) is 0 Å². The SMILES string of the molecule is CCc1c(Cc2[nH]c(Cc3[nH]c(C(=O)OC(C)(C)C)c(C)c3CC)c3c2ccc2cnccc23)[nH]c(C(=O)OC(C)(C)C)c1C. The van der Waals surface area contributed by atoms with Crippen LogP contribution in [0.4, 0.5) is 0 Å². The Hall–Kier alpha value is -4.33. The number of rotatable bonds is 8. The van der Waals surface area contributed by atoms with Crippen molar-refractivity contribution in [1.29, 1.82) is 0 Å². The highest BCUT2D eigenvalue weighted by Gasteiger charge is 2.27. The molecule has 1 aromatic carbocycles. The van der Waals surface area contributed by atoms with Gasteiger partial charge in [0, 0.05) is 64.2 Å². The molecule has 0 saturated carbocycles. The Morgan fingerprint density at radius 3 is 1.69 bits per heavy atom. The summed E-state index contributed by atoms with van der Waals surface area (Å²) in [5.41, 5.74) is 8.04.